The molecule has 7 heteroatoms. The molecular weight excluding hydrogens is 354 g/mol. The lowest BCUT2D eigenvalue weighted by Gasteiger charge is -2.07. The zero-order valence-corrected chi connectivity index (χ0v) is 16.0. The number of rotatable bonds is 4. The summed E-state index contributed by atoms with van der Waals surface area (Å²) < 4.78 is 8.80. The van der Waals surface area contributed by atoms with Crippen molar-refractivity contribution >= 4 is 22.8 Å². The van der Waals surface area contributed by atoms with Gasteiger partial charge in [0.1, 0.15) is 12.4 Å². The van der Waals surface area contributed by atoms with Gasteiger partial charge in [-0.3, -0.25) is 14.7 Å². The van der Waals surface area contributed by atoms with Gasteiger partial charge in [-0.15, -0.1) is 0 Å². The van der Waals surface area contributed by atoms with E-state index in [0.717, 1.165) is 33.3 Å². The fourth-order valence-corrected chi connectivity index (χ4v) is 3.17. The number of anilines is 1. The second kappa shape index (κ2) is 7.19. The van der Waals surface area contributed by atoms with Crippen LogP contribution in [0.4, 0.5) is 10.6 Å². The molecule has 1 N–H and O–H groups in total. The van der Waals surface area contributed by atoms with Crippen LogP contribution in [0.25, 0.3) is 22.2 Å². The minimum Gasteiger partial charge on any atom is -0.444 e. The number of nitrogens with one attached hydrogen (secondary N) is 1. The van der Waals surface area contributed by atoms with Gasteiger partial charge < -0.3 is 4.74 Å². The molecule has 0 saturated carbocycles. The molecule has 28 heavy (non-hydrogen) atoms. The molecule has 0 unspecified atom stereocenters. The van der Waals surface area contributed by atoms with Crippen molar-refractivity contribution in [1.82, 2.24) is 19.6 Å². The number of nitrogens with zero attached hydrogens (tertiary/aromatic N) is 4. The van der Waals surface area contributed by atoms with Gasteiger partial charge in [-0.25, -0.2) is 4.79 Å². The molecule has 4 rings (SSSR count). The Hall–Kier alpha value is -3.61. The molecule has 0 aliphatic rings. The van der Waals surface area contributed by atoms with Crippen LogP contribution in [0.3, 0.4) is 0 Å². The van der Waals surface area contributed by atoms with E-state index < -0.39 is 6.09 Å². The highest BCUT2D eigenvalue weighted by Crippen LogP contribution is 2.24. The Bertz CT molecular complexity index is 1160. The van der Waals surface area contributed by atoms with Gasteiger partial charge >= 0.3 is 6.09 Å². The summed E-state index contributed by atoms with van der Waals surface area (Å²) in [5, 5.41) is 12.5. The minimum atomic E-state index is -0.523. The Labute approximate surface area is 162 Å². The number of carbonyl (C=O) groups is 1. The second-order valence-electron chi connectivity index (χ2n) is 6.72. The summed E-state index contributed by atoms with van der Waals surface area (Å²) >= 11 is 0. The molecule has 0 radical (unpaired) electrons. The van der Waals surface area contributed by atoms with Gasteiger partial charge in [-0.05, 0) is 30.2 Å². The van der Waals surface area contributed by atoms with Crippen molar-refractivity contribution in [2.75, 3.05) is 5.32 Å². The Kier molecular flexibility index (Phi) is 4.57. The van der Waals surface area contributed by atoms with Crippen molar-refractivity contribution in [3.63, 3.8) is 0 Å². The number of ether oxygens (including phenoxy) is 1. The Morgan fingerprint density at radius 1 is 1.11 bits per heavy atom. The molecule has 0 fully saturated rings. The summed E-state index contributed by atoms with van der Waals surface area (Å²) in [5.74, 6) is 0.575. The van der Waals surface area contributed by atoms with Crippen LogP contribution < -0.4 is 5.32 Å². The van der Waals surface area contributed by atoms with Crippen LogP contribution in [0.5, 0.6) is 0 Å². The Balaban J connectivity index is 1.43. The number of hydrogen-bond acceptors (Lipinski definition) is 4. The fraction of sp³-hybridized carbons (Fsp3) is 0.190. The maximum Gasteiger partial charge on any atom is 0.413 e. The van der Waals surface area contributed by atoms with E-state index in [-0.39, 0.29) is 6.61 Å². The molecule has 0 aliphatic carbocycles. The Morgan fingerprint density at radius 2 is 1.93 bits per heavy atom. The second-order valence-corrected chi connectivity index (χ2v) is 6.72. The number of hydrogen-bond donors (Lipinski definition) is 1. The van der Waals surface area contributed by atoms with E-state index in [1.54, 1.807) is 22.6 Å². The van der Waals surface area contributed by atoms with Crippen LogP contribution in [-0.2, 0) is 25.4 Å². The monoisotopic (exact) mass is 375 g/mol. The van der Waals surface area contributed by atoms with E-state index in [1.165, 1.54) is 0 Å². The van der Waals surface area contributed by atoms with Gasteiger partial charge in [0.05, 0.1) is 17.4 Å². The number of aromatic nitrogens is 4. The topological polar surface area (TPSA) is 74.0 Å². The third kappa shape index (κ3) is 3.46. The van der Waals surface area contributed by atoms with Gasteiger partial charge in [0.25, 0.3) is 0 Å². The summed E-state index contributed by atoms with van der Waals surface area (Å²) in [6, 6.07) is 15.7. The lowest BCUT2D eigenvalue weighted by molar-refractivity contribution is 0.155. The van der Waals surface area contributed by atoms with Gasteiger partial charge in [0.15, 0.2) is 0 Å². The zero-order valence-electron chi connectivity index (χ0n) is 16.0. The normalized spacial score (nSPS) is 11.0. The number of benzene rings is 2. The average Bonchev–Trinajstić information content (AvgIpc) is 3.23. The summed E-state index contributed by atoms with van der Waals surface area (Å²) in [6.07, 6.45) is 1.27. The molecule has 1 amide bonds. The van der Waals surface area contributed by atoms with Crippen molar-refractivity contribution < 1.29 is 9.53 Å². The van der Waals surface area contributed by atoms with Crippen LogP contribution in [0.2, 0.25) is 0 Å². The third-order valence-electron chi connectivity index (χ3n) is 4.71. The predicted octanol–water partition coefficient (Wildman–Crippen LogP) is 4.03. The van der Waals surface area contributed by atoms with Crippen molar-refractivity contribution in [2.45, 2.75) is 13.5 Å². The van der Waals surface area contributed by atoms with Crippen molar-refractivity contribution in [2.24, 2.45) is 14.1 Å². The van der Waals surface area contributed by atoms with E-state index in [9.17, 15) is 4.79 Å². The molecule has 7 nitrogen and oxygen atoms in total. The molecule has 0 bridgehead atoms. The van der Waals surface area contributed by atoms with Crippen molar-refractivity contribution in [3.05, 3.63) is 65.9 Å². The molecule has 0 saturated heterocycles. The van der Waals surface area contributed by atoms with E-state index >= 15 is 0 Å². The summed E-state index contributed by atoms with van der Waals surface area (Å²) in [6.45, 7) is 2.21. The molecule has 2 aromatic carbocycles. The van der Waals surface area contributed by atoms with E-state index in [1.807, 2.05) is 62.5 Å². The van der Waals surface area contributed by atoms with Crippen LogP contribution in [0.15, 0.2) is 54.7 Å². The molecule has 142 valence electrons. The first kappa shape index (κ1) is 17.8. The lowest BCUT2D eigenvalue weighted by atomic mass is 10.1. The van der Waals surface area contributed by atoms with Gasteiger partial charge in [0.2, 0.25) is 0 Å². The highest BCUT2D eigenvalue weighted by molar-refractivity contribution is 5.85. The van der Waals surface area contributed by atoms with Crippen LogP contribution >= 0.6 is 0 Å². The molecule has 0 spiro atoms. The highest BCUT2D eigenvalue weighted by Gasteiger charge is 2.12. The van der Waals surface area contributed by atoms with E-state index in [2.05, 4.69) is 15.5 Å². The molecule has 2 heterocycles. The number of amides is 1. The quantitative estimate of drug-likeness (QED) is 0.584. The molecule has 0 atom stereocenters. The summed E-state index contributed by atoms with van der Waals surface area (Å²) in [7, 11) is 3.68. The minimum absolute atomic E-state index is 0.180. The standard InChI is InChI=1S/C21H21N5O2/c1-14-6-4-5-7-17(14)18-11-20(26(3)24-18)23-21(27)28-13-15-8-9-19-16(10-15)12-22-25(19)2/h4-12H,13H2,1-3H3,(H,23,27). The first-order valence-electron chi connectivity index (χ1n) is 8.96. The van der Waals surface area contributed by atoms with Crippen LogP contribution in [-0.4, -0.2) is 25.7 Å². The largest absolute Gasteiger partial charge is 0.444 e. The third-order valence-corrected chi connectivity index (χ3v) is 4.71. The number of carbonyl (C=O) groups excluding carboxylic acids is 1. The summed E-state index contributed by atoms with van der Waals surface area (Å²) in [4.78, 5) is 12.2. The predicted molar refractivity (Wildman–Crippen MR) is 108 cm³/mol. The SMILES string of the molecule is Cc1ccccc1-c1cc(NC(=O)OCc2ccc3c(cnn3C)c2)n(C)n1. The maximum absolute atomic E-state index is 12.2. The maximum atomic E-state index is 12.2. The van der Waals surface area contributed by atoms with E-state index in [4.69, 9.17) is 4.74 Å². The Morgan fingerprint density at radius 3 is 2.75 bits per heavy atom. The fourth-order valence-electron chi connectivity index (χ4n) is 3.17. The van der Waals surface area contributed by atoms with Crippen LogP contribution in [0, 0.1) is 6.92 Å². The van der Waals surface area contributed by atoms with Gasteiger partial charge in [0, 0.05) is 31.1 Å². The summed E-state index contributed by atoms with van der Waals surface area (Å²) in [5.41, 5.74) is 4.90. The van der Waals surface area contributed by atoms with Gasteiger partial charge in [-0.2, -0.15) is 10.2 Å². The van der Waals surface area contributed by atoms with Crippen molar-refractivity contribution in [1.29, 1.82) is 0 Å². The highest BCUT2D eigenvalue weighted by atomic mass is 16.5. The average molecular weight is 375 g/mol. The molecule has 0 aliphatic heterocycles. The first-order chi connectivity index (χ1) is 13.5. The molecule has 2 aromatic heterocycles. The van der Waals surface area contributed by atoms with Gasteiger partial charge in [-0.1, -0.05) is 30.3 Å². The van der Waals surface area contributed by atoms with E-state index in [0.29, 0.717) is 5.82 Å². The lowest BCUT2D eigenvalue weighted by Crippen LogP contribution is -2.15. The smallest absolute Gasteiger partial charge is 0.413 e. The van der Waals surface area contributed by atoms with Crippen LogP contribution in [0.1, 0.15) is 11.1 Å². The molecular formula is C21H21N5O2. The zero-order chi connectivity index (χ0) is 19.7. The number of aryl methyl sites for hydroxylation is 3. The number of fused-ring (bicyclic) bond motifs is 1. The van der Waals surface area contributed by atoms with Crippen molar-refractivity contribution in [3.8, 4) is 11.3 Å². The first-order valence-corrected chi connectivity index (χ1v) is 8.96. The molecule has 4 aromatic rings.